The van der Waals surface area contributed by atoms with Crippen molar-refractivity contribution < 1.29 is 14.3 Å². The molecule has 1 aromatic rings. The second-order valence-corrected chi connectivity index (χ2v) is 4.52. The highest BCUT2D eigenvalue weighted by atomic mass is 16.5. The fourth-order valence-electron chi connectivity index (χ4n) is 1.67. The maximum absolute atomic E-state index is 12.1. The third kappa shape index (κ3) is 4.24. The standard InChI is InChI=1S/C15H22O3/c1-11-6-7-14(10-12(11)2)15(16)13(3)18-9-5-8-17-4/h6-7,10,13H,5,8-9H2,1-4H3. The van der Waals surface area contributed by atoms with Gasteiger partial charge in [0.15, 0.2) is 5.78 Å². The summed E-state index contributed by atoms with van der Waals surface area (Å²) >= 11 is 0. The Balaban J connectivity index is 2.54. The van der Waals surface area contributed by atoms with Crippen molar-refractivity contribution in [3.05, 3.63) is 34.9 Å². The van der Waals surface area contributed by atoms with E-state index >= 15 is 0 Å². The molecule has 0 N–H and O–H groups in total. The van der Waals surface area contributed by atoms with E-state index < -0.39 is 6.10 Å². The van der Waals surface area contributed by atoms with Crippen molar-refractivity contribution in [1.82, 2.24) is 0 Å². The monoisotopic (exact) mass is 250 g/mol. The van der Waals surface area contributed by atoms with E-state index in [1.165, 1.54) is 5.56 Å². The Morgan fingerprint density at radius 1 is 1.22 bits per heavy atom. The summed E-state index contributed by atoms with van der Waals surface area (Å²) in [5.74, 6) is 0.0375. The van der Waals surface area contributed by atoms with Gasteiger partial charge in [0.05, 0.1) is 0 Å². The van der Waals surface area contributed by atoms with Crippen molar-refractivity contribution in [3.63, 3.8) is 0 Å². The summed E-state index contributed by atoms with van der Waals surface area (Å²) in [6.07, 6.45) is 0.407. The van der Waals surface area contributed by atoms with Gasteiger partial charge >= 0.3 is 0 Å². The van der Waals surface area contributed by atoms with Gasteiger partial charge in [0.2, 0.25) is 0 Å². The molecule has 0 bridgehead atoms. The van der Waals surface area contributed by atoms with Crippen LogP contribution in [0.3, 0.4) is 0 Å². The van der Waals surface area contributed by atoms with Crippen molar-refractivity contribution >= 4 is 5.78 Å². The van der Waals surface area contributed by atoms with Gasteiger partial charge in [-0.15, -0.1) is 0 Å². The topological polar surface area (TPSA) is 35.5 Å². The highest BCUT2D eigenvalue weighted by molar-refractivity contribution is 5.99. The molecule has 0 aliphatic heterocycles. The van der Waals surface area contributed by atoms with Crippen molar-refractivity contribution in [2.24, 2.45) is 0 Å². The van der Waals surface area contributed by atoms with E-state index in [4.69, 9.17) is 9.47 Å². The van der Waals surface area contributed by atoms with E-state index in [0.29, 0.717) is 13.2 Å². The van der Waals surface area contributed by atoms with Crippen molar-refractivity contribution in [2.75, 3.05) is 20.3 Å². The Morgan fingerprint density at radius 3 is 2.56 bits per heavy atom. The van der Waals surface area contributed by atoms with E-state index in [1.54, 1.807) is 14.0 Å². The Morgan fingerprint density at radius 2 is 1.94 bits per heavy atom. The van der Waals surface area contributed by atoms with Crippen LogP contribution >= 0.6 is 0 Å². The minimum atomic E-state index is -0.399. The Bertz CT molecular complexity index is 399. The van der Waals surface area contributed by atoms with E-state index in [1.807, 2.05) is 32.0 Å². The molecule has 0 aliphatic carbocycles. The predicted molar refractivity (Wildman–Crippen MR) is 72.2 cm³/mol. The fourth-order valence-corrected chi connectivity index (χ4v) is 1.67. The molecule has 1 unspecified atom stereocenters. The molecular formula is C15H22O3. The minimum Gasteiger partial charge on any atom is -0.385 e. The zero-order valence-corrected chi connectivity index (χ0v) is 11.7. The largest absolute Gasteiger partial charge is 0.385 e. The van der Waals surface area contributed by atoms with Crippen molar-refractivity contribution in [1.29, 1.82) is 0 Å². The molecule has 1 atom stereocenters. The first kappa shape index (κ1) is 14.9. The van der Waals surface area contributed by atoms with Gasteiger partial charge in [0.25, 0.3) is 0 Å². The van der Waals surface area contributed by atoms with Crippen LogP contribution in [0, 0.1) is 13.8 Å². The molecule has 0 amide bonds. The number of benzene rings is 1. The number of carbonyl (C=O) groups is 1. The number of hydrogen-bond donors (Lipinski definition) is 0. The maximum Gasteiger partial charge on any atom is 0.191 e. The molecule has 0 radical (unpaired) electrons. The predicted octanol–water partition coefficient (Wildman–Crippen LogP) is 2.93. The third-order valence-corrected chi connectivity index (χ3v) is 3.02. The molecule has 1 rings (SSSR count). The lowest BCUT2D eigenvalue weighted by atomic mass is 10.0. The van der Waals surface area contributed by atoms with Gasteiger partial charge in [0, 0.05) is 25.9 Å². The summed E-state index contributed by atoms with van der Waals surface area (Å²) in [6, 6.07) is 5.76. The summed E-state index contributed by atoms with van der Waals surface area (Å²) in [7, 11) is 1.66. The van der Waals surface area contributed by atoms with E-state index in [-0.39, 0.29) is 5.78 Å². The Labute approximate surface area is 109 Å². The SMILES string of the molecule is COCCCOC(C)C(=O)c1ccc(C)c(C)c1. The fraction of sp³-hybridized carbons (Fsp3) is 0.533. The number of methoxy groups -OCH3 is 1. The molecule has 0 heterocycles. The molecule has 0 aliphatic rings. The molecule has 0 saturated carbocycles. The first-order valence-electron chi connectivity index (χ1n) is 6.28. The summed E-state index contributed by atoms with van der Waals surface area (Å²) < 4.78 is 10.4. The summed E-state index contributed by atoms with van der Waals surface area (Å²) in [4.78, 5) is 12.1. The molecule has 0 fully saturated rings. The molecule has 0 saturated heterocycles. The first-order chi connectivity index (χ1) is 8.56. The van der Waals surface area contributed by atoms with Crippen molar-refractivity contribution in [3.8, 4) is 0 Å². The van der Waals surface area contributed by atoms with Gasteiger partial charge in [-0.1, -0.05) is 12.1 Å². The van der Waals surface area contributed by atoms with Crippen LogP contribution in [0.1, 0.15) is 34.8 Å². The summed E-state index contributed by atoms with van der Waals surface area (Å²) in [6.45, 7) is 7.05. The number of ketones is 1. The molecule has 1 aromatic carbocycles. The zero-order chi connectivity index (χ0) is 13.5. The van der Waals surface area contributed by atoms with Gasteiger partial charge < -0.3 is 9.47 Å². The molecule has 3 nitrogen and oxygen atoms in total. The van der Waals surface area contributed by atoms with Crippen LogP contribution in [0.2, 0.25) is 0 Å². The molecule has 3 heteroatoms. The number of carbonyl (C=O) groups excluding carboxylic acids is 1. The zero-order valence-electron chi connectivity index (χ0n) is 11.7. The van der Waals surface area contributed by atoms with Crippen LogP contribution in [-0.2, 0) is 9.47 Å². The van der Waals surface area contributed by atoms with E-state index in [9.17, 15) is 4.79 Å². The van der Waals surface area contributed by atoms with Gasteiger partial charge in [-0.2, -0.15) is 0 Å². The van der Waals surface area contributed by atoms with Gasteiger partial charge in [0.1, 0.15) is 6.10 Å². The second kappa shape index (κ2) is 7.29. The van der Waals surface area contributed by atoms with Crippen LogP contribution in [-0.4, -0.2) is 32.2 Å². The Kier molecular flexibility index (Phi) is 6.02. The summed E-state index contributed by atoms with van der Waals surface area (Å²) in [5.41, 5.74) is 3.05. The van der Waals surface area contributed by atoms with Crippen LogP contribution in [0.15, 0.2) is 18.2 Å². The lowest BCUT2D eigenvalue weighted by molar-refractivity contribution is 0.0404. The van der Waals surface area contributed by atoms with Crippen LogP contribution in [0.5, 0.6) is 0 Å². The second-order valence-electron chi connectivity index (χ2n) is 4.52. The number of rotatable bonds is 7. The number of aryl methyl sites for hydroxylation is 2. The Hall–Kier alpha value is -1.19. The highest BCUT2D eigenvalue weighted by Gasteiger charge is 2.15. The third-order valence-electron chi connectivity index (χ3n) is 3.02. The smallest absolute Gasteiger partial charge is 0.191 e. The molecule has 18 heavy (non-hydrogen) atoms. The minimum absolute atomic E-state index is 0.0375. The normalized spacial score (nSPS) is 12.4. The van der Waals surface area contributed by atoms with Crippen LogP contribution < -0.4 is 0 Å². The maximum atomic E-state index is 12.1. The summed E-state index contributed by atoms with van der Waals surface area (Å²) in [5, 5.41) is 0. The van der Waals surface area contributed by atoms with Gasteiger partial charge in [-0.05, 0) is 44.4 Å². The first-order valence-corrected chi connectivity index (χ1v) is 6.28. The van der Waals surface area contributed by atoms with Gasteiger partial charge in [-0.25, -0.2) is 0 Å². The van der Waals surface area contributed by atoms with Crippen molar-refractivity contribution in [2.45, 2.75) is 33.3 Å². The number of ether oxygens (including phenoxy) is 2. The van der Waals surface area contributed by atoms with E-state index in [2.05, 4.69) is 0 Å². The van der Waals surface area contributed by atoms with E-state index in [0.717, 1.165) is 17.5 Å². The lowest BCUT2D eigenvalue weighted by Crippen LogP contribution is -2.22. The molecule has 0 aromatic heterocycles. The van der Waals surface area contributed by atoms with Crippen LogP contribution in [0.25, 0.3) is 0 Å². The quantitative estimate of drug-likeness (QED) is 0.551. The molecule has 100 valence electrons. The van der Waals surface area contributed by atoms with Gasteiger partial charge in [-0.3, -0.25) is 4.79 Å². The average Bonchev–Trinajstić information content (AvgIpc) is 2.37. The lowest BCUT2D eigenvalue weighted by Gasteiger charge is -2.12. The molecule has 0 spiro atoms. The van der Waals surface area contributed by atoms with Crippen LogP contribution in [0.4, 0.5) is 0 Å². The number of hydrogen-bond acceptors (Lipinski definition) is 3. The average molecular weight is 250 g/mol. The molecular weight excluding hydrogens is 228 g/mol. The number of Topliss-reactive ketones (excluding diaryl/α,β-unsaturated/α-hetero) is 1. The highest BCUT2D eigenvalue weighted by Crippen LogP contribution is 2.13.